The minimum Gasteiger partial charge on any atom is -0.399 e. The van der Waals surface area contributed by atoms with E-state index in [-0.39, 0.29) is 11.9 Å². The van der Waals surface area contributed by atoms with Gasteiger partial charge in [-0.15, -0.1) is 0 Å². The second kappa shape index (κ2) is 5.60. The summed E-state index contributed by atoms with van der Waals surface area (Å²) in [6, 6.07) is 14.2. The lowest BCUT2D eigenvalue weighted by Crippen LogP contribution is -2.28. The first kappa shape index (κ1) is 13.7. The zero-order valence-electron chi connectivity index (χ0n) is 12.2. The molecule has 0 aromatic heterocycles. The third-order valence-electron chi connectivity index (χ3n) is 4.03. The van der Waals surface area contributed by atoms with E-state index in [4.69, 9.17) is 5.73 Å². The van der Waals surface area contributed by atoms with Crippen LogP contribution in [0.5, 0.6) is 0 Å². The van der Waals surface area contributed by atoms with Crippen molar-refractivity contribution in [3.63, 3.8) is 0 Å². The maximum Gasteiger partial charge on any atom is 0.224 e. The predicted octanol–water partition coefficient (Wildman–Crippen LogP) is 2.92. The van der Waals surface area contributed by atoms with Gasteiger partial charge in [-0.3, -0.25) is 4.79 Å². The van der Waals surface area contributed by atoms with Gasteiger partial charge in [0, 0.05) is 5.69 Å². The molecule has 0 aliphatic heterocycles. The fourth-order valence-electron chi connectivity index (χ4n) is 3.04. The van der Waals surface area contributed by atoms with Gasteiger partial charge in [0.05, 0.1) is 12.5 Å². The average molecular weight is 280 g/mol. The maximum absolute atomic E-state index is 12.2. The Bertz CT molecular complexity index is 679. The average Bonchev–Trinajstić information content (AvgIpc) is 2.81. The van der Waals surface area contributed by atoms with E-state index in [1.807, 2.05) is 43.3 Å². The van der Waals surface area contributed by atoms with Gasteiger partial charge in [0.25, 0.3) is 0 Å². The Labute approximate surface area is 125 Å². The van der Waals surface area contributed by atoms with Crippen molar-refractivity contribution >= 4 is 11.6 Å². The molecule has 0 spiro atoms. The van der Waals surface area contributed by atoms with Crippen molar-refractivity contribution < 1.29 is 4.79 Å². The van der Waals surface area contributed by atoms with Crippen LogP contribution in [0.15, 0.2) is 42.5 Å². The van der Waals surface area contributed by atoms with Gasteiger partial charge in [-0.2, -0.15) is 0 Å². The fourth-order valence-corrected chi connectivity index (χ4v) is 3.04. The summed E-state index contributed by atoms with van der Waals surface area (Å²) >= 11 is 0. The van der Waals surface area contributed by atoms with Gasteiger partial charge in [0.15, 0.2) is 0 Å². The monoisotopic (exact) mass is 280 g/mol. The quantitative estimate of drug-likeness (QED) is 0.849. The normalized spacial score (nSPS) is 16.5. The molecule has 0 bridgehead atoms. The first-order valence-electron chi connectivity index (χ1n) is 7.35. The van der Waals surface area contributed by atoms with E-state index < -0.39 is 0 Å². The number of anilines is 1. The molecule has 0 fully saturated rings. The minimum absolute atomic E-state index is 0.0790. The summed E-state index contributed by atoms with van der Waals surface area (Å²) in [6.45, 7) is 2.04. The van der Waals surface area contributed by atoms with Gasteiger partial charge in [-0.05, 0) is 48.6 Å². The van der Waals surface area contributed by atoms with Gasteiger partial charge in [0.2, 0.25) is 5.91 Å². The second-order valence-corrected chi connectivity index (χ2v) is 5.78. The Balaban J connectivity index is 1.67. The van der Waals surface area contributed by atoms with Crippen LogP contribution in [0.4, 0.5) is 5.69 Å². The summed E-state index contributed by atoms with van der Waals surface area (Å²) in [7, 11) is 0. The number of aryl methyl sites for hydroxylation is 2. The summed E-state index contributed by atoms with van der Waals surface area (Å²) in [6.07, 6.45) is 2.37. The maximum atomic E-state index is 12.2. The zero-order valence-corrected chi connectivity index (χ0v) is 12.2. The summed E-state index contributed by atoms with van der Waals surface area (Å²) in [4.78, 5) is 12.2. The van der Waals surface area contributed by atoms with Crippen LogP contribution in [0.3, 0.4) is 0 Å². The number of rotatable bonds is 3. The van der Waals surface area contributed by atoms with Crippen molar-refractivity contribution in [3.05, 3.63) is 64.7 Å². The number of amides is 1. The molecule has 108 valence electrons. The lowest BCUT2D eigenvalue weighted by Gasteiger charge is -2.14. The summed E-state index contributed by atoms with van der Waals surface area (Å²) in [5, 5.41) is 3.14. The molecule has 21 heavy (non-hydrogen) atoms. The molecule has 1 atom stereocenters. The standard InChI is InChI=1S/C18H20N2O/c1-12-3-2-4-13(9-12)10-18(21)20-17-8-5-14-11-15(19)6-7-16(14)17/h2-4,6-7,9,11,17H,5,8,10,19H2,1H3,(H,20,21). The van der Waals surface area contributed by atoms with Gasteiger partial charge in [-0.25, -0.2) is 0 Å². The number of carbonyl (C=O) groups excluding carboxylic acids is 1. The SMILES string of the molecule is Cc1cccc(CC(=O)NC2CCc3cc(N)ccc32)c1. The van der Waals surface area contributed by atoms with E-state index in [1.165, 1.54) is 16.7 Å². The van der Waals surface area contributed by atoms with E-state index in [0.29, 0.717) is 6.42 Å². The number of nitrogens with one attached hydrogen (secondary N) is 1. The highest BCUT2D eigenvalue weighted by Crippen LogP contribution is 2.32. The Morgan fingerprint density at radius 2 is 2.14 bits per heavy atom. The van der Waals surface area contributed by atoms with E-state index in [0.717, 1.165) is 24.1 Å². The van der Waals surface area contributed by atoms with E-state index >= 15 is 0 Å². The minimum atomic E-state index is 0.0790. The van der Waals surface area contributed by atoms with Crippen LogP contribution in [0.25, 0.3) is 0 Å². The largest absolute Gasteiger partial charge is 0.399 e. The molecule has 1 aliphatic carbocycles. The van der Waals surface area contributed by atoms with Crippen molar-refractivity contribution in [3.8, 4) is 0 Å². The first-order chi connectivity index (χ1) is 10.1. The lowest BCUT2D eigenvalue weighted by molar-refractivity contribution is -0.121. The van der Waals surface area contributed by atoms with Crippen molar-refractivity contribution in [2.75, 3.05) is 5.73 Å². The zero-order chi connectivity index (χ0) is 14.8. The van der Waals surface area contributed by atoms with E-state index in [9.17, 15) is 4.79 Å². The fraction of sp³-hybridized carbons (Fsp3) is 0.278. The first-order valence-corrected chi connectivity index (χ1v) is 7.35. The third-order valence-corrected chi connectivity index (χ3v) is 4.03. The van der Waals surface area contributed by atoms with Gasteiger partial charge in [-0.1, -0.05) is 35.9 Å². The summed E-state index contributed by atoms with van der Waals surface area (Å²) in [5.41, 5.74) is 11.3. The van der Waals surface area contributed by atoms with Crippen LogP contribution in [0.2, 0.25) is 0 Å². The molecule has 3 nitrogen and oxygen atoms in total. The summed E-state index contributed by atoms with van der Waals surface area (Å²) < 4.78 is 0. The molecule has 0 radical (unpaired) electrons. The highest BCUT2D eigenvalue weighted by Gasteiger charge is 2.23. The number of hydrogen-bond acceptors (Lipinski definition) is 2. The molecular formula is C18H20N2O. The van der Waals surface area contributed by atoms with Gasteiger partial charge < -0.3 is 11.1 Å². The Morgan fingerprint density at radius 1 is 1.29 bits per heavy atom. The van der Waals surface area contributed by atoms with Crippen molar-refractivity contribution in [2.24, 2.45) is 0 Å². The van der Waals surface area contributed by atoms with Gasteiger partial charge >= 0.3 is 0 Å². The van der Waals surface area contributed by atoms with Crippen molar-refractivity contribution in [1.82, 2.24) is 5.32 Å². The molecule has 2 aromatic carbocycles. The second-order valence-electron chi connectivity index (χ2n) is 5.78. The Hall–Kier alpha value is -2.29. The summed E-state index contributed by atoms with van der Waals surface area (Å²) in [5.74, 6) is 0.0790. The number of benzene rings is 2. The Kier molecular flexibility index (Phi) is 3.65. The number of fused-ring (bicyclic) bond motifs is 1. The number of hydrogen-bond donors (Lipinski definition) is 2. The molecule has 3 rings (SSSR count). The van der Waals surface area contributed by atoms with E-state index in [1.54, 1.807) is 0 Å². The molecule has 1 aliphatic rings. The van der Waals surface area contributed by atoms with Crippen LogP contribution in [0, 0.1) is 6.92 Å². The molecule has 3 heteroatoms. The molecular weight excluding hydrogens is 260 g/mol. The number of nitrogen functional groups attached to an aromatic ring is 1. The molecule has 1 unspecified atom stereocenters. The molecule has 2 aromatic rings. The topological polar surface area (TPSA) is 55.1 Å². The highest BCUT2D eigenvalue weighted by molar-refractivity contribution is 5.79. The van der Waals surface area contributed by atoms with Crippen LogP contribution >= 0.6 is 0 Å². The number of carbonyl (C=O) groups is 1. The molecule has 1 amide bonds. The smallest absolute Gasteiger partial charge is 0.224 e. The Morgan fingerprint density at radius 3 is 2.95 bits per heavy atom. The molecule has 3 N–H and O–H groups in total. The highest BCUT2D eigenvalue weighted by atomic mass is 16.1. The van der Waals surface area contributed by atoms with E-state index in [2.05, 4.69) is 11.4 Å². The van der Waals surface area contributed by atoms with Crippen molar-refractivity contribution in [1.29, 1.82) is 0 Å². The molecule has 0 heterocycles. The van der Waals surface area contributed by atoms with Crippen molar-refractivity contribution in [2.45, 2.75) is 32.2 Å². The molecule has 0 saturated carbocycles. The third kappa shape index (κ3) is 3.07. The molecule has 0 saturated heterocycles. The van der Waals surface area contributed by atoms with Crippen LogP contribution < -0.4 is 11.1 Å². The lowest BCUT2D eigenvalue weighted by atomic mass is 10.1. The predicted molar refractivity (Wildman–Crippen MR) is 84.9 cm³/mol. The van der Waals surface area contributed by atoms with Gasteiger partial charge in [0.1, 0.15) is 0 Å². The van der Waals surface area contributed by atoms with Crippen LogP contribution in [-0.4, -0.2) is 5.91 Å². The number of nitrogens with two attached hydrogens (primary N) is 1. The van der Waals surface area contributed by atoms with Crippen LogP contribution in [0.1, 0.15) is 34.7 Å². The van der Waals surface area contributed by atoms with Crippen LogP contribution in [-0.2, 0) is 17.6 Å².